The minimum absolute atomic E-state index is 0.00260. The van der Waals surface area contributed by atoms with Crippen molar-refractivity contribution in [2.45, 2.75) is 18.9 Å². The fourth-order valence-corrected chi connectivity index (χ4v) is 1.69. The van der Waals surface area contributed by atoms with Crippen LogP contribution in [0.2, 0.25) is 0 Å². The van der Waals surface area contributed by atoms with Gasteiger partial charge in [0.1, 0.15) is 5.82 Å². The zero-order valence-corrected chi connectivity index (χ0v) is 8.74. The number of nitrogens with one attached hydrogen (secondary N) is 1. The molecule has 16 heavy (non-hydrogen) atoms. The van der Waals surface area contributed by atoms with Crippen molar-refractivity contribution in [3.63, 3.8) is 0 Å². The van der Waals surface area contributed by atoms with Crippen molar-refractivity contribution >= 4 is 11.6 Å². The van der Waals surface area contributed by atoms with Gasteiger partial charge in [0, 0.05) is 11.6 Å². The molecule has 3 N–H and O–H groups in total. The van der Waals surface area contributed by atoms with E-state index in [1.54, 1.807) is 0 Å². The maximum Gasteiger partial charge on any atom is 0.251 e. The third-order valence-electron chi connectivity index (χ3n) is 2.60. The van der Waals surface area contributed by atoms with E-state index in [2.05, 4.69) is 5.32 Å². The predicted octanol–water partition coefficient (Wildman–Crippen LogP) is 1.86. The standard InChI is InChI=1S/C12H13FN2O/c13-10-6-5-8(7-11(10)14)12(16)15-9-3-1-2-4-9/h1-2,5-7,9H,3-4,14H2,(H,15,16). The summed E-state index contributed by atoms with van der Waals surface area (Å²) in [5.74, 6) is -0.709. The van der Waals surface area contributed by atoms with Crippen LogP contribution in [0.3, 0.4) is 0 Å². The van der Waals surface area contributed by atoms with Crippen LogP contribution >= 0.6 is 0 Å². The van der Waals surface area contributed by atoms with Gasteiger partial charge >= 0.3 is 0 Å². The number of carbonyl (C=O) groups excluding carboxylic acids is 1. The first-order valence-corrected chi connectivity index (χ1v) is 5.17. The minimum Gasteiger partial charge on any atom is -0.396 e. The van der Waals surface area contributed by atoms with Gasteiger partial charge in [-0.15, -0.1) is 0 Å². The normalized spacial score (nSPS) is 15.3. The number of nitrogen functional groups attached to an aromatic ring is 1. The lowest BCUT2D eigenvalue weighted by atomic mass is 10.1. The number of nitrogens with two attached hydrogens (primary N) is 1. The van der Waals surface area contributed by atoms with Crippen LogP contribution in [-0.2, 0) is 0 Å². The lowest BCUT2D eigenvalue weighted by Gasteiger charge is -2.12. The lowest BCUT2D eigenvalue weighted by molar-refractivity contribution is 0.0939. The van der Waals surface area contributed by atoms with E-state index in [1.165, 1.54) is 18.2 Å². The summed E-state index contributed by atoms with van der Waals surface area (Å²) in [7, 11) is 0. The molecule has 0 heterocycles. The molecule has 0 unspecified atom stereocenters. The van der Waals surface area contributed by atoms with Crippen molar-refractivity contribution in [3.8, 4) is 0 Å². The SMILES string of the molecule is Nc1cc(C(=O)NC2CC=CC2)ccc1F. The molecule has 1 aliphatic rings. The van der Waals surface area contributed by atoms with E-state index in [0.29, 0.717) is 5.56 Å². The first kappa shape index (κ1) is 10.7. The van der Waals surface area contributed by atoms with Crippen LogP contribution in [0, 0.1) is 5.82 Å². The molecule has 0 spiro atoms. The molecule has 1 amide bonds. The van der Waals surface area contributed by atoms with Gasteiger partial charge in [-0.05, 0) is 31.0 Å². The first-order chi connectivity index (χ1) is 7.66. The molecule has 1 aliphatic carbocycles. The molecular weight excluding hydrogens is 207 g/mol. The van der Waals surface area contributed by atoms with Crippen LogP contribution in [0.1, 0.15) is 23.2 Å². The number of benzene rings is 1. The topological polar surface area (TPSA) is 55.1 Å². The predicted molar refractivity (Wildman–Crippen MR) is 60.4 cm³/mol. The number of amides is 1. The van der Waals surface area contributed by atoms with Gasteiger partial charge in [-0.3, -0.25) is 4.79 Å². The summed E-state index contributed by atoms with van der Waals surface area (Å²) in [6.07, 6.45) is 5.76. The van der Waals surface area contributed by atoms with Gasteiger partial charge in [-0.1, -0.05) is 12.2 Å². The Kier molecular flexibility index (Phi) is 2.90. The van der Waals surface area contributed by atoms with Gasteiger partial charge < -0.3 is 11.1 Å². The number of rotatable bonds is 2. The molecule has 3 nitrogen and oxygen atoms in total. The number of halogens is 1. The second-order valence-corrected chi connectivity index (χ2v) is 3.85. The van der Waals surface area contributed by atoms with Crippen molar-refractivity contribution in [1.82, 2.24) is 5.32 Å². The highest BCUT2D eigenvalue weighted by Crippen LogP contribution is 2.14. The molecule has 0 aromatic heterocycles. The third-order valence-corrected chi connectivity index (χ3v) is 2.60. The van der Waals surface area contributed by atoms with Crippen LogP contribution in [0.4, 0.5) is 10.1 Å². The Bertz CT molecular complexity index is 435. The minimum atomic E-state index is -0.501. The molecule has 0 saturated carbocycles. The van der Waals surface area contributed by atoms with Crippen LogP contribution in [-0.4, -0.2) is 11.9 Å². The Morgan fingerprint density at radius 2 is 2.06 bits per heavy atom. The van der Waals surface area contributed by atoms with Gasteiger partial charge in [-0.2, -0.15) is 0 Å². The molecule has 0 radical (unpaired) electrons. The smallest absolute Gasteiger partial charge is 0.251 e. The van der Waals surface area contributed by atoms with E-state index in [9.17, 15) is 9.18 Å². The van der Waals surface area contributed by atoms with Crippen LogP contribution < -0.4 is 11.1 Å². The maximum atomic E-state index is 12.9. The summed E-state index contributed by atoms with van der Waals surface area (Å²) in [6.45, 7) is 0. The molecule has 1 aromatic rings. The molecule has 0 saturated heterocycles. The van der Waals surface area contributed by atoms with Crippen molar-refractivity contribution in [1.29, 1.82) is 0 Å². The second kappa shape index (κ2) is 4.35. The van der Waals surface area contributed by atoms with E-state index in [-0.39, 0.29) is 17.6 Å². The highest BCUT2D eigenvalue weighted by Gasteiger charge is 2.15. The van der Waals surface area contributed by atoms with Crippen molar-refractivity contribution in [3.05, 3.63) is 41.7 Å². The highest BCUT2D eigenvalue weighted by molar-refractivity contribution is 5.95. The Hall–Kier alpha value is -1.84. The van der Waals surface area contributed by atoms with Crippen molar-refractivity contribution < 1.29 is 9.18 Å². The average Bonchev–Trinajstić information content (AvgIpc) is 2.74. The third kappa shape index (κ3) is 2.21. The number of hydrogen-bond acceptors (Lipinski definition) is 2. The summed E-state index contributed by atoms with van der Waals surface area (Å²) in [6, 6.07) is 4.15. The Balaban J connectivity index is 2.05. The van der Waals surface area contributed by atoms with Crippen LogP contribution in [0.25, 0.3) is 0 Å². The molecule has 1 aromatic carbocycles. The molecule has 0 bridgehead atoms. The van der Waals surface area contributed by atoms with E-state index in [0.717, 1.165) is 12.8 Å². The quantitative estimate of drug-likeness (QED) is 0.590. The Labute approximate surface area is 93.1 Å². The summed E-state index contributed by atoms with van der Waals surface area (Å²) >= 11 is 0. The van der Waals surface area contributed by atoms with E-state index in [4.69, 9.17) is 5.73 Å². The maximum absolute atomic E-state index is 12.9. The Morgan fingerprint density at radius 3 is 2.69 bits per heavy atom. The molecule has 0 atom stereocenters. The van der Waals surface area contributed by atoms with E-state index in [1.807, 2.05) is 12.2 Å². The zero-order chi connectivity index (χ0) is 11.5. The molecule has 84 valence electrons. The fourth-order valence-electron chi connectivity index (χ4n) is 1.69. The molecule has 4 heteroatoms. The largest absolute Gasteiger partial charge is 0.396 e. The van der Waals surface area contributed by atoms with Gasteiger partial charge in [0.2, 0.25) is 0 Å². The van der Waals surface area contributed by atoms with Crippen LogP contribution in [0.5, 0.6) is 0 Å². The summed E-state index contributed by atoms with van der Waals surface area (Å²) < 4.78 is 12.9. The summed E-state index contributed by atoms with van der Waals surface area (Å²) in [5, 5.41) is 2.86. The molecular formula is C12H13FN2O. The number of carbonyl (C=O) groups is 1. The second-order valence-electron chi connectivity index (χ2n) is 3.85. The molecule has 0 aliphatic heterocycles. The van der Waals surface area contributed by atoms with Gasteiger partial charge in [0.15, 0.2) is 0 Å². The van der Waals surface area contributed by atoms with Crippen molar-refractivity contribution in [2.75, 3.05) is 5.73 Å². The van der Waals surface area contributed by atoms with Gasteiger partial charge in [0.25, 0.3) is 5.91 Å². The highest BCUT2D eigenvalue weighted by atomic mass is 19.1. The number of hydrogen-bond donors (Lipinski definition) is 2. The average molecular weight is 220 g/mol. The zero-order valence-electron chi connectivity index (χ0n) is 8.74. The van der Waals surface area contributed by atoms with E-state index >= 15 is 0 Å². The summed E-state index contributed by atoms with van der Waals surface area (Å²) in [4.78, 5) is 11.7. The van der Waals surface area contributed by atoms with Gasteiger partial charge in [0.05, 0.1) is 5.69 Å². The van der Waals surface area contributed by atoms with Gasteiger partial charge in [-0.25, -0.2) is 4.39 Å². The van der Waals surface area contributed by atoms with Crippen molar-refractivity contribution in [2.24, 2.45) is 0 Å². The van der Waals surface area contributed by atoms with E-state index < -0.39 is 5.82 Å². The monoisotopic (exact) mass is 220 g/mol. The Morgan fingerprint density at radius 1 is 1.38 bits per heavy atom. The molecule has 0 fully saturated rings. The van der Waals surface area contributed by atoms with Crippen LogP contribution in [0.15, 0.2) is 30.4 Å². The lowest BCUT2D eigenvalue weighted by Crippen LogP contribution is -2.32. The molecule has 2 rings (SSSR count). The fraction of sp³-hybridized carbons (Fsp3) is 0.250. The first-order valence-electron chi connectivity index (χ1n) is 5.17. The summed E-state index contributed by atoms with van der Waals surface area (Å²) in [5.41, 5.74) is 5.79. The number of anilines is 1.